The molecule has 0 aliphatic rings. The molecule has 2 rings (SSSR count). The van der Waals surface area contributed by atoms with Gasteiger partial charge in [-0.25, -0.2) is 4.68 Å². The van der Waals surface area contributed by atoms with Gasteiger partial charge in [0.1, 0.15) is 18.0 Å². The lowest BCUT2D eigenvalue weighted by atomic mass is 10.2. The van der Waals surface area contributed by atoms with Crippen molar-refractivity contribution in [3.63, 3.8) is 0 Å². The third-order valence-corrected chi connectivity index (χ3v) is 3.50. The number of hydrogen-bond donors (Lipinski definition) is 1. The number of rotatable bonds is 7. The van der Waals surface area contributed by atoms with Crippen LogP contribution in [0.25, 0.3) is 0 Å². The highest BCUT2D eigenvalue weighted by Crippen LogP contribution is 2.17. The Balaban J connectivity index is 2.13. The molecule has 1 aromatic heterocycles. The Morgan fingerprint density at radius 3 is 2.67 bits per heavy atom. The van der Waals surface area contributed by atoms with Crippen LogP contribution in [0.1, 0.15) is 12.5 Å². The topological polar surface area (TPSA) is 82.5 Å². The summed E-state index contributed by atoms with van der Waals surface area (Å²) in [6.45, 7) is 2.06. The van der Waals surface area contributed by atoms with E-state index in [0.29, 0.717) is 6.54 Å². The summed E-state index contributed by atoms with van der Waals surface area (Å²) in [7, 11) is 1.59. The fourth-order valence-corrected chi connectivity index (χ4v) is 2.20. The molecular formula is C16H18ClN3O4. The minimum atomic E-state index is -0.532. The zero-order chi connectivity index (χ0) is 17.5. The van der Waals surface area contributed by atoms with Crippen LogP contribution >= 0.6 is 11.6 Å². The van der Waals surface area contributed by atoms with Crippen molar-refractivity contribution in [1.29, 1.82) is 0 Å². The summed E-state index contributed by atoms with van der Waals surface area (Å²) in [5.41, 5.74) is 0.649. The largest absolute Gasteiger partial charge is 0.497 e. The van der Waals surface area contributed by atoms with Gasteiger partial charge in [-0.15, -0.1) is 0 Å². The van der Waals surface area contributed by atoms with Crippen molar-refractivity contribution in [2.24, 2.45) is 0 Å². The maximum Gasteiger partial charge on any atom is 0.327 e. The molecule has 2 aromatic rings. The van der Waals surface area contributed by atoms with Crippen molar-refractivity contribution >= 4 is 23.3 Å². The van der Waals surface area contributed by atoms with Crippen molar-refractivity contribution in [2.75, 3.05) is 19.0 Å². The molecule has 7 nitrogen and oxygen atoms in total. The van der Waals surface area contributed by atoms with Crippen molar-refractivity contribution in [1.82, 2.24) is 9.78 Å². The van der Waals surface area contributed by atoms with Gasteiger partial charge < -0.3 is 14.8 Å². The predicted octanol–water partition coefficient (Wildman–Crippen LogP) is 2.08. The van der Waals surface area contributed by atoms with Crippen molar-refractivity contribution in [2.45, 2.75) is 20.0 Å². The molecule has 0 aliphatic heterocycles. The number of methoxy groups -OCH3 is 1. The Bertz CT molecular complexity index is 759. The summed E-state index contributed by atoms with van der Waals surface area (Å²) < 4.78 is 10.9. The number of nitrogens with one attached hydrogen (secondary N) is 1. The number of halogens is 1. The number of aromatic nitrogens is 2. The molecule has 0 radical (unpaired) electrons. The zero-order valence-electron chi connectivity index (χ0n) is 13.4. The molecule has 24 heavy (non-hydrogen) atoms. The molecule has 1 N–H and O–H groups in total. The maximum absolute atomic E-state index is 12.4. The second-order valence-corrected chi connectivity index (χ2v) is 5.24. The van der Waals surface area contributed by atoms with E-state index in [4.69, 9.17) is 21.1 Å². The van der Waals surface area contributed by atoms with Crippen molar-refractivity contribution in [3.05, 3.63) is 51.4 Å². The van der Waals surface area contributed by atoms with E-state index >= 15 is 0 Å². The van der Waals surface area contributed by atoms with Crippen LogP contribution in [0.4, 0.5) is 5.69 Å². The fraction of sp³-hybridized carbons (Fsp3) is 0.312. The smallest absolute Gasteiger partial charge is 0.327 e. The molecule has 0 atom stereocenters. The number of anilines is 1. The molecule has 128 valence electrons. The van der Waals surface area contributed by atoms with Crippen LogP contribution < -0.4 is 15.6 Å². The number of benzene rings is 1. The maximum atomic E-state index is 12.4. The van der Waals surface area contributed by atoms with Gasteiger partial charge in [0.25, 0.3) is 5.56 Å². The van der Waals surface area contributed by atoms with Crippen molar-refractivity contribution < 1.29 is 14.3 Å². The first-order valence-corrected chi connectivity index (χ1v) is 7.71. The van der Waals surface area contributed by atoms with E-state index in [0.717, 1.165) is 16.0 Å². The van der Waals surface area contributed by atoms with Crippen LogP contribution in [-0.4, -0.2) is 29.5 Å². The Morgan fingerprint density at radius 1 is 1.33 bits per heavy atom. The second-order valence-electron chi connectivity index (χ2n) is 4.84. The van der Waals surface area contributed by atoms with Crippen molar-refractivity contribution in [3.8, 4) is 5.75 Å². The lowest BCUT2D eigenvalue weighted by molar-refractivity contribution is -0.144. The Hall–Kier alpha value is -2.54. The summed E-state index contributed by atoms with van der Waals surface area (Å²) in [5, 5.41) is 7.02. The molecule has 0 aliphatic carbocycles. The second kappa shape index (κ2) is 8.35. The summed E-state index contributed by atoms with van der Waals surface area (Å²) in [6, 6.07) is 7.39. The first kappa shape index (κ1) is 17.8. The van der Waals surface area contributed by atoms with E-state index in [1.165, 1.54) is 6.20 Å². The highest BCUT2D eigenvalue weighted by molar-refractivity contribution is 6.32. The van der Waals surface area contributed by atoms with E-state index in [1.807, 2.05) is 24.3 Å². The van der Waals surface area contributed by atoms with Gasteiger partial charge in [0.2, 0.25) is 0 Å². The van der Waals surface area contributed by atoms with Gasteiger partial charge in [0, 0.05) is 6.54 Å². The van der Waals surface area contributed by atoms with Gasteiger partial charge in [-0.1, -0.05) is 23.7 Å². The molecule has 0 spiro atoms. The molecule has 1 aromatic carbocycles. The van der Waals surface area contributed by atoms with Crippen LogP contribution in [0, 0.1) is 0 Å². The highest BCUT2D eigenvalue weighted by Gasteiger charge is 2.13. The molecule has 0 unspecified atom stereocenters. The Labute approximate surface area is 144 Å². The lowest BCUT2D eigenvalue weighted by Crippen LogP contribution is -2.29. The van der Waals surface area contributed by atoms with Crippen LogP contribution in [-0.2, 0) is 22.6 Å². The molecule has 1 heterocycles. The standard InChI is InChI=1S/C16H18ClN3O4/c1-3-24-14(21)10-20-16(22)15(13(17)9-19-20)18-8-11-4-6-12(23-2)7-5-11/h4-7,9,18H,3,8,10H2,1-2H3. The first-order valence-electron chi connectivity index (χ1n) is 7.33. The van der Waals surface area contributed by atoms with Gasteiger partial charge in [-0.2, -0.15) is 5.10 Å². The van der Waals surface area contributed by atoms with E-state index in [1.54, 1.807) is 14.0 Å². The molecule has 0 saturated heterocycles. The quantitative estimate of drug-likeness (QED) is 0.769. The summed E-state index contributed by atoms with van der Waals surface area (Å²) in [5.74, 6) is 0.216. The number of hydrogen-bond acceptors (Lipinski definition) is 6. The van der Waals surface area contributed by atoms with Gasteiger partial charge in [0.05, 0.1) is 24.9 Å². The van der Waals surface area contributed by atoms with E-state index in [-0.39, 0.29) is 23.9 Å². The molecule has 8 heteroatoms. The Morgan fingerprint density at radius 2 is 2.04 bits per heavy atom. The SMILES string of the molecule is CCOC(=O)Cn1ncc(Cl)c(NCc2ccc(OC)cc2)c1=O. The average Bonchev–Trinajstić information content (AvgIpc) is 2.58. The summed E-state index contributed by atoms with van der Waals surface area (Å²) >= 11 is 6.04. The third kappa shape index (κ3) is 4.48. The zero-order valence-corrected chi connectivity index (χ0v) is 14.2. The summed E-state index contributed by atoms with van der Waals surface area (Å²) in [4.78, 5) is 23.9. The molecule has 0 bridgehead atoms. The average molecular weight is 352 g/mol. The van der Waals surface area contributed by atoms with Crippen LogP contribution in [0.5, 0.6) is 5.75 Å². The van der Waals surface area contributed by atoms with Gasteiger partial charge >= 0.3 is 5.97 Å². The molecule has 0 fully saturated rings. The van der Waals surface area contributed by atoms with Gasteiger partial charge in [0.15, 0.2) is 0 Å². The number of esters is 1. The highest BCUT2D eigenvalue weighted by atomic mass is 35.5. The predicted molar refractivity (Wildman–Crippen MR) is 90.5 cm³/mol. The molecule has 0 amide bonds. The Kier molecular flexibility index (Phi) is 6.20. The number of nitrogens with zero attached hydrogens (tertiary/aromatic N) is 2. The first-order chi connectivity index (χ1) is 11.5. The van der Waals surface area contributed by atoms with E-state index in [9.17, 15) is 9.59 Å². The monoisotopic (exact) mass is 351 g/mol. The lowest BCUT2D eigenvalue weighted by Gasteiger charge is -2.11. The fourth-order valence-electron chi connectivity index (χ4n) is 2.00. The van der Waals surface area contributed by atoms with Gasteiger partial charge in [-0.05, 0) is 24.6 Å². The molecular weight excluding hydrogens is 334 g/mol. The normalized spacial score (nSPS) is 10.3. The number of carbonyl (C=O) groups is 1. The minimum Gasteiger partial charge on any atom is -0.497 e. The number of ether oxygens (including phenoxy) is 2. The minimum absolute atomic E-state index is 0.187. The van der Waals surface area contributed by atoms with Gasteiger partial charge in [-0.3, -0.25) is 9.59 Å². The van der Waals surface area contributed by atoms with E-state index in [2.05, 4.69) is 10.4 Å². The van der Waals surface area contributed by atoms with Crippen LogP contribution in [0.2, 0.25) is 5.02 Å². The van der Waals surface area contributed by atoms with Crippen LogP contribution in [0.15, 0.2) is 35.3 Å². The summed E-state index contributed by atoms with van der Waals surface area (Å²) in [6.07, 6.45) is 1.32. The third-order valence-electron chi connectivity index (χ3n) is 3.21. The molecule has 0 saturated carbocycles. The van der Waals surface area contributed by atoms with E-state index < -0.39 is 11.5 Å². The number of carbonyl (C=O) groups excluding carboxylic acids is 1. The van der Waals surface area contributed by atoms with Crippen LogP contribution in [0.3, 0.4) is 0 Å².